The number of nitrogens with one attached hydrogen (secondary N) is 3. The fraction of sp³-hybridized carbons (Fsp3) is 0.500. The number of aromatic amines is 1. The Morgan fingerprint density at radius 2 is 2.29 bits per heavy atom. The quantitative estimate of drug-likeness (QED) is 0.684. The summed E-state index contributed by atoms with van der Waals surface area (Å²) in [6.07, 6.45) is 2.01. The number of carbonyl (C=O) groups is 1. The second-order valence-electron chi connectivity index (χ2n) is 4.40. The van der Waals surface area contributed by atoms with Crippen molar-refractivity contribution in [2.45, 2.75) is 25.8 Å². The SMILES string of the molecule is Cc1ccc(C(=O)N[C@H]2CCCNC2)c(=O)[nH]1. The van der Waals surface area contributed by atoms with Gasteiger partial charge in [0.1, 0.15) is 5.56 Å². The molecule has 1 saturated heterocycles. The number of rotatable bonds is 2. The minimum absolute atomic E-state index is 0.122. The van der Waals surface area contributed by atoms with Crippen molar-refractivity contribution in [1.29, 1.82) is 0 Å². The molecule has 5 heteroatoms. The number of carbonyl (C=O) groups excluding carboxylic acids is 1. The Morgan fingerprint density at radius 3 is 2.94 bits per heavy atom. The zero-order valence-corrected chi connectivity index (χ0v) is 9.88. The van der Waals surface area contributed by atoms with Crippen LogP contribution in [0.5, 0.6) is 0 Å². The molecule has 0 aromatic carbocycles. The molecule has 0 saturated carbocycles. The molecule has 92 valence electrons. The van der Waals surface area contributed by atoms with Crippen LogP contribution in [0.15, 0.2) is 16.9 Å². The Hall–Kier alpha value is -1.62. The van der Waals surface area contributed by atoms with Crippen molar-refractivity contribution in [3.05, 3.63) is 33.7 Å². The van der Waals surface area contributed by atoms with Gasteiger partial charge in [0.15, 0.2) is 0 Å². The van der Waals surface area contributed by atoms with Gasteiger partial charge in [-0.25, -0.2) is 0 Å². The highest BCUT2D eigenvalue weighted by molar-refractivity contribution is 5.94. The molecule has 2 rings (SSSR count). The zero-order chi connectivity index (χ0) is 12.3. The molecule has 1 amide bonds. The van der Waals surface area contributed by atoms with E-state index in [1.54, 1.807) is 19.1 Å². The first-order valence-electron chi connectivity index (χ1n) is 5.88. The Balaban J connectivity index is 2.06. The smallest absolute Gasteiger partial charge is 0.260 e. The minimum atomic E-state index is -0.328. The maximum Gasteiger partial charge on any atom is 0.260 e. The van der Waals surface area contributed by atoms with Crippen LogP contribution < -0.4 is 16.2 Å². The normalized spacial score (nSPS) is 19.9. The lowest BCUT2D eigenvalue weighted by atomic mass is 10.1. The molecule has 0 spiro atoms. The second-order valence-corrected chi connectivity index (χ2v) is 4.40. The monoisotopic (exact) mass is 235 g/mol. The summed E-state index contributed by atoms with van der Waals surface area (Å²) >= 11 is 0. The van der Waals surface area contributed by atoms with E-state index in [9.17, 15) is 9.59 Å². The largest absolute Gasteiger partial charge is 0.348 e. The van der Waals surface area contributed by atoms with Gasteiger partial charge < -0.3 is 15.6 Å². The number of pyridine rings is 1. The third-order valence-corrected chi connectivity index (χ3v) is 2.93. The lowest BCUT2D eigenvalue weighted by Crippen LogP contribution is -2.46. The first-order chi connectivity index (χ1) is 8.16. The van der Waals surface area contributed by atoms with Gasteiger partial charge >= 0.3 is 0 Å². The van der Waals surface area contributed by atoms with E-state index in [0.29, 0.717) is 0 Å². The van der Waals surface area contributed by atoms with Gasteiger partial charge in [0.05, 0.1) is 0 Å². The number of hydrogen-bond donors (Lipinski definition) is 3. The molecule has 2 heterocycles. The first kappa shape index (κ1) is 11.9. The predicted octanol–water partition coefficient (Wildman–Crippen LogP) is 0.165. The van der Waals surface area contributed by atoms with E-state index in [1.165, 1.54) is 0 Å². The van der Waals surface area contributed by atoms with Crippen LogP contribution in [0, 0.1) is 6.92 Å². The lowest BCUT2D eigenvalue weighted by Gasteiger charge is -2.23. The van der Waals surface area contributed by atoms with Crippen LogP contribution in [0.1, 0.15) is 28.9 Å². The third kappa shape index (κ3) is 2.94. The molecule has 5 nitrogen and oxygen atoms in total. The van der Waals surface area contributed by atoms with Crippen LogP contribution in [-0.4, -0.2) is 30.0 Å². The highest BCUT2D eigenvalue weighted by Gasteiger charge is 2.17. The minimum Gasteiger partial charge on any atom is -0.348 e. The summed E-state index contributed by atoms with van der Waals surface area (Å²) < 4.78 is 0. The van der Waals surface area contributed by atoms with Crippen molar-refractivity contribution in [2.75, 3.05) is 13.1 Å². The molecule has 1 aliphatic rings. The topological polar surface area (TPSA) is 74.0 Å². The summed E-state index contributed by atoms with van der Waals surface area (Å²) in [5.74, 6) is -0.292. The molecule has 1 atom stereocenters. The fourth-order valence-corrected chi connectivity index (χ4v) is 1.99. The predicted molar refractivity (Wildman–Crippen MR) is 65.2 cm³/mol. The van der Waals surface area contributed by atoms with Crippen LogP contribution in [0.3, 0.4) is 0 Å². The number of piperidine rings is 1. The molecular weight excluding hydrogens is 218 g/mol. The van der Waals surface area contributed by atoms with Crippen LogP contribution in [0.25, 0.3) is 0 Å². The van der Waals surface area contributed by atoms with Crippen molar-refractivity contribution < 1.29 is 4.79 Å². The van der Waals surface area contributed by atoms with Crippen LogP contribution >= 0.6 is 0 Å². The summed E-state index contributed by atoms with van der Waals surface area (Å²) in [6.45, 7) is 3.56. The number of hydrogen-bond acceptors (Lipinski definition) is 3. The Bertz CT molecular complexity index is 461. The highest BCUT2D eigenvalue weighted by atomic mass is 16.2. The fourth-order valence-electron chi connectivity index (χ4n) is 1.99. The number of H-pyrrole nitrogens is 1. The summed E-state index contributed by atoms with van der Waals surface area (Å²) in [7, 11) is 0. The number of amides is 1. The van der Waals surface area contributed by atoms with Crippen LogP contribution in [0.4, 0.5) is 0 Å². The molecule has 1 fully saturated rings. The van der Waals surface area contributed by atoms with Crippen molar-refractivity contribution in [2.24, 2.45) is 0 Å². The standard InChI is InChI=1S/C12H17N3O2/c1-8-4-5-10(11(16)14-8)12(17)15-9-3-2-6-13-7-9/h4-5,9,13H,2-3,6-7H2,1H3,(H,14,16)(H,15,17)/t9-/m0/s1. The van der Waals surface area contributed by atoms with Gasteiger partial charge in [-0.05, 0) is 38.4 Å². The van der Waals surface area contributed by atoms with E-state index < -0.39 is 0 Å². The summed E-state index contributed by atoms with van der Waals surface area (Å²) in [4.78, 5) is 26.1. The third-order valence-electron chi connectivity index (χ3n) is 2.93. The van der Waals surface area contributed by atoms with Gasteiger partial charge in [-0.1, -0.05) is 0 Å². The van der Waals surface area contributed by atoms with Crippen LogP contribution in [0.2, 0.25) is 0 Å². The molecule has 1 aromatic heterocycles. The Labute approximate surface area is 99.6 Å². The molecule has 1 aromatic rings. The summed E-state index contributed by atoms with van der Waals surface area (Å²) in [5, 5.41) is 6.09. The highest BCUT2D eigenvalue weighted by Crippen LogP contribution is 2.02. The van der Waals surface area contributed by atoms with Crippen molar-refractivity contribution in [3.63, 3.8) is 0 Å². The van der Waals surface area contributed by atoms with Gasteiger partial charge in [-0.2, -0.15) is 0 Å². The molecule has 1 aliphatic heterocycles. The molecule has 3 N–H and O–H groups in total. The average molecular weight is 235 g/mol. The molecular formula is C12H17N3O2. The van der Waals surface area contributed by atoms with E-state index in [2.05, 4.69) is 15.6 Å². The van der Waals surface area contributed by atoms with Crippen molar-refractivity contribution in [3.8, 4) is 0 Å². The van der Waals surface area contributed by atoms with Crippen molar-refractivity contribution >= 4 is 5.91 Å². The number of aromatic nitrogens is 1. The number of aryl methyl sites for hydroxylation is 1. The van der Waals surface area contributed by atoms with E-state index in [-0.39, 0.29) is 23.1 Å². The zero-order valence-electron chi connectivity index (χ0n) is 9.88. The maximum absolute atomic E-state index is 11.9. The maximum atomic E-state index is 11.9. The average Bonchev–Trinajstić information content (AvgIpc) is 2.30. The van der Waals surface area contributed by atoms with Gasteiger partial charge in [-0.3, -0.25) is 9.59 Å². The summed E-state index contributed by atoms with van der Waals surface area (Å²) in [5.41, 5.74) is 0.610. The van der Waals surface area contributed by atoms with Crippen LogP contribution in [-0.2, 0) is 0 Å². The van der Waals surface area contributed by atoms with Gasteiger partial charge in [-0.15, -0.1) is 0 Å². The first-order valence-corrected chi connectivity index (χ1v) is 5.88. The molecule has 17 heavy (non-hydrogen) atoms. The van der Waals surface area contributed by atoms with Gasteiger partial charge in [0.25, 0.3) is 11.5 Å². The lowest BCUT2D eigenvalue weighted by molar-refractivity contribution is 0.0929. The van der Waals surface area contributed by atoms with E-state index >= 15 is 0 Å². The van der Waals surface area contributed by atoms with E-state index in [1.807, 2.05) is 0 Å². The van der Waals surface area contributed by atoms with Gasteiger partial charge in [0.2, 0.25) is 0 Å². The Kier molecular flexibility index (Phi) is 3.58. The molecule has 0 aliphatic carbocycles. The molecule has 0 unspecified atom stereocenters. The van der Waals surface area contributed by atoms with E-state index in [0.717, 1.165) is 31.6 Å². The second kappa shape index (κ2) is 5.14. The molecule has 0 radical (unpaired) electrons. The molecule has 0 bridgehead atoms. The Morgan fingerprint density at radius 1 is 1.47 bits per heavy atom. The van der Waals surface area contributed by atoms with Gasteiger partial charge in [0, 0.05) is 18.3 Å². The van der Waals surface area contributed by atoms with Crippen molar-refractivity contribution in [1.82, 2.24) is 15.6 Å². The van der Waals surface area contributed by atoms with E-state index in [4.69, 9.17) is 0 Å². The summed E-state index contributed by atoms with van der Waals surface area (Å²) in [6, 6.07) is 3.42.